The zero-order valence-electron chi connectivity index (χ0n) is 8.24. The summed E-state index contributed by atoms with van der Waals surface area (Å²) in [6.07, 6.45) is 0. The normalized spacial score (nSPS) is 12.0. The quantitative estimate of drug-likeness (QED) is 0.359. The topological polar surface area (TPSA) is 157 Å². The molecule has 2 N–H and O–H groups in total. The molecule has 1 aromatic carbocycles. The third-order valence-corrected chi connectivity index (χ3v) is 2.61. The minimum atomic E-state index is -0.143. The van der Waals surface area contributed by atoms with Crippen LogP contribution in [0.4, 0.5) is 0 Å². The molecule has 0 atom stereocenters. The Balaban J connectivity index is 2.60. The lowest BCUT2D eigenvalue weighted by molar-refractivity contribution is -0.781. The molecule has 12 nitrogen and oxygen atoms in total. The maximum Gasteiger partial charge on any atom is 0.338 e. The second-order valence-electron chi connectivity index (χ2n) is 3.48. The molecule has 0 unspecified atom stereocenters. The second-order valence-corrected chi connectivity index (χ2v) is 3.48. The van der Waals surface area contributed by atoms with Gasteiger partial charge in [0.05, 0.1) is 0 Å². The van der Waals surface area contributed by atoms with E-state index in [1.165, 1.54) is 0 Å². The average molecular weight is 254 g/mol. The average Bonchev–Trinajstić information content (AvgIpc) is 2.99. The molecule has 4 aromatic rings. The summed E-state index contributed by atoms with van der Waals surface area (Å²) in [7, 11) is 0. The Morgan fingerprint density at radius 3 is 2.56 bits per heavy atom. The Morgan fingerprint density at radius 2 is 1.72 bits per heavy atom. The summed E-state index contributed by atoms with van der Waals surface area (Å²) < 4.78 is 13.5. The second kappa shape index (κ2) is 2.55. The van der Waals surface area contributed by atoms with Crippen LogP contribution in [-0.4, -0.2) is 15.5 Å². The summed E-state index contributed by atoms with van der Waals surface area (Å²) in [5, 5.41) is 19.4. The van der Waals surface area contributed by atoms with Crippen LogP contribution in [0, 0.1) is 15.0 Å². The first-order valence-electron chi connectivity index (χ1n) is 4.58. The van der Waals surface area contributed by atoms with E-state index in [9.17, 15) is 15.0 Å². The van der Waals surface area contributed by atoms with Crippen molar-refractivity contribution in [3.8, 4) is 0 Å². The van der Waals surface area contributed by atoms with Crippen LogP contribution in [0.25, 0.3) is 33.1 Å². The van der Waals surface area contributed by atoms with E-state index in [2.05, 4.69) is 29.4 Å². The van der Waals surface area contributed by atoms with Gasteiger partial charge in [-0.3, -0.25) is 0 Å². The molecule has 12 heteroatoms. The molecule has 4 rings (SSSR count). The number of fused-ring (bicyclic) bond motifs is 6. The van der Waals surface area contributed by atoms with Gasteiger partial charge in [-0.1, -0.05) is 9.79 Å². The third kappa shape index (κ3) is 0.783. The van der Waals surface area contributed by atoms with Gasteiger partial charge >= 0.3 is 16.6 Å². The summed E-state index contributed by atoms with van der Waals surface area (Å²) in [6, 6.07) is 0. The number of H-pyrrole nitrogens is 2. The van der Waals surface area contributed by atoms with Crippen LogP contribution >= 0.6 is 0 Å². The van der Waals surface area contributed by atoms with Crippen molar-refractivity contribution in [3.63, 3.8) is 0 Å². The van der Waals surface area contributed by atoms with Crippen LogP contribution in [0.15, 0.2) is 13.9 Å². The number of aromatic amines is 2. The molecule has 0 fully saturated rings. The van der Waals surface area contributed by atoms with Crippen LogP contribution in [0.1, 0.15) is 0 Å². The molecule has 90 valence electrons. The summed E-state index contributed by atoms with van der Waals surface area (Å²) in [5.41, 5.74) is -0.401. The predicted octanol–water partition coefficient (Wildman–Crippen LogP) is -1.56. The summed E-state index contributed by atoms with van der Waals surface area (Å²) in [4.78, 5) is 23.0. The minimum absolute atomic E-state index is 0.0291. The molecule has 0 aliphatic heterocycles. The lowest BCUT2D eigenvalue weighted by Crippen LogP contribution is -2.23. The van der Waals surface area contributed by atoms with E-state index in [1.807, 2.05) is 0 Å². The third-order valence-electron chi connectivity index (χ3n) is 2.61. The van der Waals surface area contributed by atoms with Crippen LogP contribution in [-0.2, 0) is 0 Å². The van der Waals surface area contributed by atoms with Crippen molar-refractivity contribution in [1.82, 2.24) is 15.5 Å². The lowest BCUT2D eigenvalue weighted by atomic mass is 10.2. The Kier molecular flexibility index (Phi) is 1.26. The van der Waals surface area contributed by atoms with E-state index in [0.29, 0.717) is 0 Å². The molecule has 0 spiro atoms. The van der Waals surface area contributed by atoms with E-state index in [-0.39, 0.29) is 47.2 Å². The largest absolute Gasteiger partial charge is 0.359 e. The maximum absolute atomic E-state index is 11.5. The summed E-state index contributed by atoms with van der Waals surface area (Å²) >= 11 is 0. The van der Waals surface area contributed by atoms with Gasteiger partial charge < -0.3 is 9.84 Å². The van der Waals surface area contributed by atoms with Crippen molar-refractivity contribution in [2.45, 2.75) is 0 Å². The number of benzene rings is 1. The molecule has 0 radical (unpaired) electrons. The number of nitrogens with zero attached hydrogens (tertiary/aromatic N) is 4. The number of rotatable bonds is 0. The first-order valence-corrected chi connectivity index (χ1v) is 4.58. The summed E-state index contributed by atoms with van der Waals surface area (Å²) in [6.45, 7) is 0. The van der Waals surface area contributed by atoms with E-state index in [1.54, 1.807) is 0 Å². The predicted molar refractivity (Wildman–Crippen MR) is 47.9 cm³/mol. The van der Waals surface area contributed by atoms with Crippen molar-refractivity contribution < 1.29 is 28.0 Å². The zero-order valence-corrected chi connectivity index (χ0v) is 8.24. The first-order chi connectivity index (χ1) is 8.68. The number of aromatic nitrogens is 6. The maximum atomic E-state index is 11.5. The van der Waals surface area contributed by atoms with Crippen molar-refractivity contribution >= 4 is 33.1 Å². The zero-order chi connectivity index (χ0) is 12.4. The Bertz CT molecular complexity index is 990. The number of hydrogen-bond acceptors (Lipinski definition) is 7. The Morgan fingerprint density at radius 1 is 1.00 bits per heavy atom. The fraction of sp³-hybridized carbons (Fsp3) is 0. The molecule has 0 aliphatic rings. The molecule has 0 amide bonds. The van der Waals surface area contributed by atoms with Gasteiger partial charge in [0.1, 0.15) is 0 Å². The minimum Gasteiger partial charge on any atom is -0.359 e. The number of nitrogens with one attached hydrogen (secondary N) is 2. The first kappa shape index (κ1) is 8.91. The van der Waals surface area contributed by atoms with Gasteiger partial charge in [-0.05, 0) is 19.3 Å². The monoisotopic (exact) mass is 254 g/mol. The highest BCUT2D eigenvalue weighted by Gasteiger charge is 2.36. The van der Waals surface area contributed by atoms with Crippen molar-refractivity contribution in [1.29, 1.82) is 0 Å². The fourth-order valence-corrected chi connectivity index (χ4v) is 1.90. The highest BCUT2D eigenvalue weighted by molar-refractivity contribution is 6.13. The van der Waals surface area contributed by atoms with Gasteiger partial charge in [-0.25, -0.2) is 0 Å². The highest BCUT2D eigenvalue weighted by atomic mass is 16.8. The van der Waals surface area contributed by atoms with Gasteiger partial charge in [0, 0.05) is 0 Å². The molecule has 0 bridgehead atoms. The van der Waals surface area contributed by atoms with Crippen LogP contribution in [0.5, 0.6) is 0 Å². The van der Waals surface area contributed by atoms with Crippen LogP contribution < -0.4 is 14.1 Å². The summed E-state index contributed by atoms with van der Waals surface area (Å²) in [5.74, 6) is 0. The molecule has 18 heavy (non-hydrogen) atoms. The van der Waals surface area contributed by atoms with E-state index < -0.39 is 0 Å². The van der Waals surface area contributed by atoms with E-state index in [0.717, 1.165) is 0 Å². The number of hydrogen-bond donors (Lipinski definition) is 2. The van der Waals surface area contributed by atoms with Gasteiger partial charge in [-0.2, -0.15) is 5.16 Å². The molecule has 3 aromatic heterocycles. The lowest BCUT2D eigenvalue weighted by Gasteiger charge is -1.81. The molecule has 0 aliphatic carbocycles. The fourth-order valence-electron chi connectivity index (χ4n) is 1.90. The molecular formula is C6H2N6O6+2. The molecule has 0 saturated heterocycles. The Hall–Kier alpha value is -3.18. The molecular weight excluding hydrogens is 252 g/mol. The van der Waals surface area contributed by atoms with Crippen molar-refractivity contribution in [2.24, 2.45) is 0 Å². The van der Waals surface area contributed by atoms with E-state index in [4.69, 9.17) is 0 Å². The smallest absolute Gasteiger partial charge is 0.338 e. The van der Waals surface area contributed by atoms with Gasteiger partial charge in [0.2, 0.25) is 0 Å². The van der Waals surface area contributed by atoms with Gasteiger partial charge in [-0.15, -0.1) is 0 Å². The van der Waals surface area contributed by atoms with Gasteiger partial charge in [0.25, 0.3) is 16.6 Å². The van der Waals surface area contributed by atoms with Crippen molar-refractivity contribution in [2.75, 3.05) is 0 Å². The van der Waals surface area contributed by atoms with E-state index >= 15 is 0 Å². The van der Waals surface area contributed by atoms with Crippen molar-refractivity contribution in [3.05, 3.63) is 15.0 Å². The highest BCUT2D eigenvalue weighted by Crippen LogP contribution is 2.25. The standard InChI is InChI=1S/C6H2N6O6/c13-10-4-1(7-16-10)5-3(8-17-11(5)14)6-2(4)9-18-12(6)15/h7-8H/q+2. The molecule has 0 saturated carbocycles. The van der Waals surface area contributed by atoms with Crippen LogP contribution in [0.3, 0.4) is 0 Å². The van der Waals surface area contributed by atoms with Gasteiger partial charge in [0.15, 0.2) is 14.4 Å². The molecule has 3 heterocycles. The van der Waals surface area contributed by atoms with Crippen LogP contribution in [0.2, 0.25) is 0 Å². The Labute approximate surface area is 92.6 Å². The SMILES string of the molecule is O=[n+]1onc2c3c([nH]o[n+]3[O-])c3c([nH]o[n+]3=O)c21.